The van der Waals surface area contributed by atoms with Crippen molar-refractivity contribution in [3.8, 4) is 0 Å². The molecule has 1 atom stereocenters. The zero-order chi connectivity index (χ0) is 13.1. The molecule has 104 valence electrons. The molecule has 0 amide bonds. The number of rotatable bonds is 11. The fourth-order valence-corrected chi connectivity index (χ4v) is 2.31. The fraction of sp³-hybridized carbons (Fsp3) is 0.750. The van der Waals surface area contributed by atoms with Gasteiger partial charge in [0.2, 0.25) is 0 Å². The summed E-state index contributed by atoms with van der Waals surface area (Å²) in [6.07, 6.45) is 14.3. The predicted molar refractivity (Wildman–Crippen MR) is 77.7 cm³/mol. The SMILES string of the molecule is CCCCCCCCC(NCCC)c1ccoc1. The van der Waals surface area contributed by atoms with Crippen molar-refractivity contribution in [2.45, 2.75) is 71.3 Å². The molecule has 1 aromatic heterocycles. The van der Waals surface area contributed by atoms with Crippen LogP contribution in [0.4, 0.5) is 0 Å². The van der Waals surface area contributed by atoms with Crippen molar-refractivity contribution in [2.75, 3.05) is 6.54 Å². The smallest absolute Gasteiger partial charge is 0.0950 e. The molecular formula is C16H29NO. The van der Waals surface area contributed by atoms with E-state index >= 15 is 0 Å². The summed E-state index contributed by atoms with van der Waals surface area (Å²) in [5, 5.41) is 3.61. The van der Waals surface area contributed by atoms with Crippen LogP contribution in [0, 0.1) is 0 Å². The molecule has 1 rings (SSSR count). The lowest BCUT2D eigenvalue weighted by Gasteiger charge is -2.16. The second-order valence-electron chi connectivity index (χ2n) is 5.12. The maximum Gasteiger partial charge on any atom is 0.0950 e. The molecule has 0 bridgehead atoms. The van der Waals surface area contributed by atoms with Gasteiger partial charge in [0.15, 0.2) is 0 Å². The first-order valence-corrected chi connectivity index (χ1v) is 7.64. The molecule has 1 N–H and O–H groups in total. The van der Waals surface area contributed by atoms with E-state index in [4.69, 9.17) is 4.42 Å². The van der Waals surface area contributed by atoms with Crippen LogP contribution in [-0.2, 0) is 0 Å². The van der Waals surface area contributed by atoms with Crippen LogP contribution in [0.25, 0.3) is 0 Å². The molecule has 0 saturated carbocycles. The topological polar surface area (TPSA) is 25.2 Å². The van der Waals surface area contributed by atoms with Crippen molar-refractivity contribution in [1.29, 1.82) is 0 Å². The normalized spacial score (nSPS) is 12.8. The molecule has 1 aromatic rings. The molecule has 0 spiro atoms. The van der Waals surface area contributed by atoms with Crippen LogP contribution >= 0.6 is 0 Å². The Morgan fingerprint density at radius 1 is 1.06 bits per heavy atom. The monoisotopic (exact) mass is 251 g/mol. The van der Waals surface area contributed by atoms with Gasteiger partial charge in [-0.15, -0.1) is 0 Å². The van der Waals surface area contributed by atoms with Gasteiger partial charge in [-0.05, 0) is 25.5 Å². The van der Waals surface area contributed by atoms with Gasteiger partial charge in [-0.1, -0.05) is 52.4 Å². The molecule has 1 heterocycles. The maximum atomic E-state index is 5.19. The average molecular weight is 251 g/mol. The van der Waals surface area contributed by atoms with Crippen molar-refractivity contribution >= 4 is 0 Å². The molecule has 18 heavy (non-hydrogen) atoms. The highest BCUT2D eigenvalue weighted by atomic mass is 16.3. The third kappa shape index (κ3) is 6.25. The van der Waals surface area contributed by atoms with Gasteiger partial charge in [-0.25, -0.2) is 0 Å². The van der Waals surface area contributed by atoms with E-state index in [2.05, 4.69) is 25.2 Å². The maximum absolute atomic E-state index is 5.19. The standard InChI is InChI=1S/C16H29NO/c1-3-5-6-7-8-9-10-16(17-12-4-2)15-11-13-18-14-15/h11,13-14,16-17H,3-10,12H2,1-2H3. The number of furan rings is 1. The first kappa shape index (κ1) is 15.3. The van der Waals surface area contributed by atoms with Crippen molar-refractivity contribution in [2.24, 2.45) is 0 Å². The van der Waals surface area contributed by atoms with Crippen LogP contribution in [-0.4, -0.2) is 6.54 Å². The van der Waals surface area contributed by atoms with E-state index in [0.717, 1.165) is 6.54 Å². The van der Waals surface area contributed by atoms with Crippen LogP contribution in [0.2, 0.25) is 0 Å². The van der Waals surface area contributed by atoms with E-state index in [1.807, 2.05) is 6.26 Å². The van der Waals surface area contributed by atoms with Gasteiger partial charge in [0, 0.05) is 11.6 Å². The molecule has 0 radical (unpaired) electrons. The summed E-state index contributed by atoms with van der Waals surface area (Å²) in [4.78, 5) is 0. The Kier molecular flexibility index (Phi) is 8.66. The average Bonchev–Trinajstić information content (AvgIpc) is 2.91. The zero-order valence-corrected chi connectivity index (χ0v) is 12.1. The molecule has 0 aliphatic carbocycles. The van der Waals surface area contributed by atoms with E-state index in [0.29, 0.717) is 6.04 Å². The molecule has 0 aromatic carbocycles. The highest BCUT2D eigenvalue weighted by molar-refractivity contribution is 5.11. The quantitative estimate of drug-likeness (QED) is 0.555. The summed E-state index contributed by atoms with van der Waals surface area (Å²) in [6.45, 7) is 5.57. The van der Waals surface area contributed by atoms with Crippen molar-refractivity contribution < 1.29 is 4.42 Å². The van der Waals surface area contributed by atoms with Gasteiger partial charge >= 0.3 is 0 Å². The van der Waals surface area contributed by atoms with Crippen molar-refractivity contribution in [3.63, 3.8) is 0 Å². The Morgan fingerprint density at radius 3 is 2.50 bits per heavy atom. The Labute approximate surface area is 112 Å². The second-order valence-corrected chi connectivity index (χ2v) is 5.12. The van der Waals surface area contributed by atoms with Gasteiger partial charge in [0.05, 0.1) is 12.5 Å². The van der Waals surface area contributed by atoms with E-state index in [-0.39, 0.29) is 0 Å². The number of nitrogens with one attached hydrogen (secondary N) is 1. The van der Waals surface area contributed by atoms with Crippen LogP contribution in [0.5, 0.6) is 0 Å². The van der Waals surface area contributed by atoms with E-state index in [9.17, 15) is 0 Å². The van der Waals surface area contributed by atoms with Crippen molar-refractivity contribution in [1.82, 2.24) is 5.32 Å². The minimum Gasteiger partial charge on any atom is -0.472 e. The van der Waals surface area contributed by atoms with Gasteiger partial charge in [-0.3, -0.25) is 0 Å². The van der Waals surface area contributed by atoms with Gasteiger partial charge < -0.3 is 9.73 Å². The number of unbranched alkanes of at least 4 members (excludes halogenated alkanes) is 5. The summed E-state index contributed by atoms with van der Waals surface area (Å²) >= 11 is 0. The third-order valence-electron chi connectivity index (χ3n) is 3.43. The van der Waals surface area contributed by atoms with Crippen LogP contribution in [0.1, 0.15) is 76.8 Å². The zero-order valence-electron chi connectivity index (χ0n) is 12.1. The Morgan fingerprint density at radius 2 is 1.83 bits per heavy atom. The second kappa shape index (κ2) is 10.2. The molecule has 0 saturated heterocycles. The molecule has 0 aliphatic heterocycles. The van der Waals surface area contributed by atoms with Gasteiger partial charge in [0.1, 0.15) is 0 Å². The lowest BCUT2D eigenvalue weighted by molar-refractivity contribution is 0.460. The van der Waals surface area contributed by atoms with E-state index in [1.54, 1.807) is 6.26 Å². The molecule has 2 heteroatoms. The Hall–Kier alpha value is -0.760. The summed E-state index contributed by atoms with van der Waals surface area (Å²) < 4.78 is 5.19. The Bertz CT molecular complexity index is 269. The molecule has 2 nitrogen and oxygen atoms in total. The molecular weight excluding hydrogens is 222 g/mol. The number of hydrogen-bond donors (Lipinski definition) is 1. The van der Waals surface area contributed by atoms with Crippen LogP contribution in [0.15, 0.2) is 23.0 Å². The largest absolute Gasteiger partial charge is 0.472 e. The lowest BCUT2D eigenvalue weighted by atomic mass is 10.0. The summed E-state index contributed by atoms with van der Waals surface area (Å²) in [6, 6.07) is 2.57. The first-order valence-electron chi connectivity index (χ1n) is 7.64. The van der Waals surface area contributed by atoms with Crippen LogP contribution < -0.4 is 5.32 Å². The molecule has 1 unspecified atom stereocenters. The van der Waals surface area contributed by atoms with E-state index in [1.165, 1.54) is 56.9 Å². The van der Waals surface area contributed by atoms with E-state index < -0.39 is 0 Å². The van der Waals surface area contributed by atoms with Gasteiger partial charge in [-0.2, -0.15) is 0 Å². The fourth-order valence-electron chi connectivity index (χ4n) is 2.31. The Balaban J connectivity index is 2.20. The lowest BCUT2D eigenvalue weighted by Crippen LogP contribution is -2.21. The van der Waals surface area contributed by atoms with Gasteiger partial charge in [0.25, 0.3) is 0 Å². The van der Waals surface area contributed by atoms with Crippen LogP contribution in [0.3, 0.4) is 0 Å². The highest BCUT2D eigenvalue weighted by Crippen LogP contribution is 2.20. The minimum atomic E-state index is 0.481. The van der Waals surface area contributed by atoms with Crippen molar-refractivity contribution in [3.05, 3.63) is 24.2 Å². The summed E-state index contributed by atoms with van der Waals surface area (Å²) in [5.74, 6) is 0. The summed E-state index contributed by atoms with van der Waals surface area (Å²) in [5.41, 5.74) is 1.30. The number of hydrogen-bond acceptors (Lipinski definition) is 2. The molecule has 0 fully saturated rings. The predicted octanol–water partition coefficient (Wildman–Crippen LogP) is 5.07. The summed E-state index contributed by atoms with van der Waals surface area (Å²) in [7, 11) is 0. The molecule has 0 aliphatic rings. The third-order valence-corrected chi connectivity index (χ3v) is 3.43. The highest BCUT2D eigenvalue weighted by Gasteiger charge is 2.10. The first-order chi connectivity index (χ1) is 8.88. The minimum absolute atomic E-state index is 0.481.